The van der Waals surface area contributed by atoms with Gasteiger partial charge in [0.25, 0.3) is 0 Å². The van der Waals surface area contributed by atoms with E-state index in [-0.39, 0.29) is 5.56 Å². The van der Waals surface area contributed by atoms with Gasteiger partial charge in [-0.25, -0.2) is 9.78 Å². The number of anilines is 1. The standard InChI is InChI=1S/C13H18N2O2/c1-4-5-6-7-15(3)12-9-11(13(16)17)8-10(2)14-12/h4,8-9H,1,5-7H2,2-3H3,(H,16,17). The summed E-state index contributed by atoms with van der Waals surface area (Å²) in [4.78, 5) is 17.2. The summed E-state index contributed by atoms with van der Waals surface area (Å²) in [7, 11) is 1.91. The number of aromatic nitrogens is 1. The Labute approximate surface area is 102 Å². The smallest absolute Gasteiger partial charge is 0.335 e. The zero-order chi connectivity index (χ0) is 12.8. The van der Waals surface area contributed by atoms with Gasteiger partial charge in [-0.05, 0) is 31.9 Å². The molecule has 0 saturated heterocycles. The molecule has 0 aliphatic carbocycles. The van der Waals surface area contributed by atoms with Gasteiger partial charge in [0.15, 0.2) is 0 Å². The third-order valence-electron chi connectivity index (χ3n) is 2.48. The highest BCUT2D eigenvalue weighted by Gasteiger charge is 2.09. The molecule has 0 radical (unpaired) electrons. The summed E-state index contributed by atoms with van der Waals surface area (Å²) in [6, 6.07) is 3.17. The predicted octanol–water partition coefficient (Wildman–Crippen LogP) is 2.49. The van der Waals surface area contributed by atoms with Crippen LogP contribution in [0.1, 0.15) is 28.9 Å². The van der Waals surface area contributed by atoms with E-state index < -0.39 is 5.97 Å². The van der Waals surface area contributed by atoms with Crippen molar-refractivity contribution in [1.29, 1.82) is 0 Å². The molecule has 0 atom stereocenters. The lowest BCUT2D eigenvalue weighted by Crippen LogP contribution is -2.20. The Hall–Kier alpha value is -1.84. The first-order valence-corrected chi connectivity index (χ1v) is 5.58. The van der Waals surface area contributed by atoms with Crippen molar-refractivity contribution in [3.05, 3.63) is 36.0 Å². The molecule has 1 heterocycles. The molecule has 92 valence electrons. The van der Waals surface area contributed by atoms with Gasteiger partial charge in [0.05, 0.1) is 5.56 Å². The van der Waals surface area contributed by atoms with Crippen LogP contribution in [0.2, 0.25) is 0 Å². The van der Waals surface area contributed by atoms with Gasteiger partial charge in [0, 0.05) is 19.3 Å². The molecule has 1 rings (SSSR count). The number of hydrogen-bond acceptors (Lipinski definition) is 3. The highest BCUT2D eigenvalue weighted by atomic mass is 16.4. The molecule has 1 aromatic heterocycles. The van der Waals surface area contributed by atoms with Crippen LogP contribution in [0.3, 0.4) is 0 Å². The van der Waals surface area contributed by atoms with Crippen LogP contribution < -0.4 is 4.90 Å². The van der Waals surface area contributed by atoms with Crippen molar-refractivity contribution in [2.75, 3.05) is 18.5 Å². The lowest BCUT2D eigenvalue weighted by Gasteiger charge is -2.18. The Kier molecular flexibility index (Phi) is 4.69. The Balaban J connectivity index is 2.82. The van der Waals surface area contributed by atoms with E-state index in [2.05, 4.69) is 11.6 Å². The summed E-state index contributed by atoms with van der Waals surface area (Å²) < 4.78 is 0. The van der Waals surface area contributed by atoms with Gasteiger partial charge in [-0.3, -0.25) is 0 Å². The summed E-state index contributed by atoms with van der Waals surface area (Å²) >= 11 is 0. The Morgan fingerprint density at radius 3 is 2.88 bits per heavy atom. The van der Waals surface area contributed by atoms with E-state index in [4.69, 9.17) is 5.11 Å². The van der Waals surface area contributed by atoms with Crippen LogP contribution in [0.5, 0.6) is 0 Å². The highest BCUT2D eigenvalue weighted by molar-refractivity contribution is 5.88. The molecule has 0 aromatic carbocycles. The molecule has 0 aliphatic rings. The normalized spacial score (nSPS) is 10.0. The van der Waals surface area contributed by atoms with Crippen molar-refractivity contribution in [2.45, 2.75) is 19.8 Å². The summed E-state index contributed by atoms with van der Waals surface area (Å²) in [5.41, 5.74) is 0.999. The molecule has 17 heavy (non-hydrogen) atoms. The average Bonchev–Trinajstić information content (AvgIpc) is 2.28. The summed E-state index contributed by atoms with van der Waals surface area (Å²) in [5, 5.41) is 8.97. The monoisotopic (exact) mass is 234 g/mol. The first-order valence-electron chi connectivity index (χ1n) is 5.58. The second kappa shape index (κ2) is 6.03. The molecule has 0 bridgehead atoms. The quantitative estimate of drug-likeness (QED) is 0.607. The summed E-state index contributed by atoms with van der Waals surface area (Å²) in [6.45, 7) is 6.30. The van der Waals surface area contributed by atoms with Crippen LogP contribution in [0.4, 0.5) is 5.82 Å². The summed E-state index contributed by atoms with van der Waals surface area (Å²) in [5.74, 6) is -0.220. The fraction of sp³-hybridized carbons (Fsp3) is 0.385. The first kappa shape index (κ1) is 13.2. The molecule has 0 unspecified atom stereocenters. The number of unbranched alkanes of at least 4 members (excludes halogenated alkanes) is 1. The third-order valence-corrected chi connectivity index (χ3v) is 2.48. The number of carboxylic acids is 1. The fourth-order valence-electron chi connectivity index (χ4n) is 1.56. The molecule has 0 aliphatic heterocycles. The number of hydrogen-bond donors (Lipinski definition) is 1. The Bertz CT molecular complexity index is 416. The lowest BCUT2D eigenvalue weighted by molar-refractivity contribution is 0.0696. The minimum absolute atomic E-state index is 0.281. The van der Waals surface area contributed by atoms with E-state index in [9.17, 15) is 4.79 Å². The minimum atomic E-state index is -0.920. The van der Waals surface area contributed by atoms with Crippen LogP contribution >= 0.6 is 0 Å². The maximum atomic E-state index is 10.9. The minimum Gasteiger partial charge on any atom is -0.478 e. The molecule has 0 amide bonds. The van der Waals surface area contributed by atoms with Crippen molar-refractivity contribution < 1.29 is 9.90 Å². The molecule has 4 heteroatoms. The maximum Gasteiger partial charge on any atom is 0.335 e. The van der Waals surface area contributed by atoms with E-state index in [0.29, 0.717) is 5.82 Å². The molecule has 1 N–H and O–H groups in total. The van der Waals surface area contributed by atoms with Crippen LogP contribution in [0.15, 0.2) is 24.8 Å². The van der Waals surface area contributed by atoms with Crippen molar-refractivity contribution in [3.63, 3.8) is 0 Å². The van der Waals surface area contributed by atoms with Gasteiger partial charge in [0.2, 0.25) is 0 Å². The second-order valence-electron chi connectivity index (χ2n) is 4.01. The van der Waals surface area contributed by atoms with Crippen molar-refractivity contribution >= 4 is 11.8 Å². The summed E-state index contributed by atoms with van der Waals surface area (Å²) in [6.07, 6.45) is 3.81. The molecular formula is C13H18N2O2. The molecule has 1 aromatic rings. The number of aromatic carboxylic acids is 1. The number of carbonyl (C=O) groups is 1. The fourth-order valence-corrected chi connectivity index (χ4v) is 1.56. The zero-order valence-corrected chi connectivity index (χ0v) is 10.3. The van der Waals surface area contributed by atoms with Crippen LogP contribution in [0, 0.1) is 6.92 Å². The number of allylic oxidation sites excluding steroid dienone is 1. The Morgan fingerprint density at radius 2 is 2.29 bits per heavy atom. The van der Waals surface area contributed by atoms with E-state index in [1.165, 1.54) is 0 Å². The van der Waals surface area contributed by atoms with E-state index in [0.717, 1.165) is 25.1 Å². The van der Waals surface area contributed by atoms with E-state index >= 15 is 0 Å². The number of carboxylic acid groups (broad SMARTS) is 1. The van der Waals surface area contributed by atoms with Crippen LogP contribution in [-0.4, -0.2) is 29.7 Å². The molecular weight excluding hydrogens is 216 g/mol. The number of pyridine rings is 1. The third kappa shape index (κ3) is 3.90. The van der Waals surface area contributed by atoms with Crippen molar-refractivity contribution in [2.24, 2.45) is 0 Å². The predicted molar refractivity (Wildman–Crippen MR) is 68.6 cm³/mol. The maximum absolute atomic E-state index is 10.9. The van der Waals surface area contributed by atoms with Gasteiger partial charge < -0.3 is 10.0 Å². The SMILES string of the molecule is C=CCCCN(C)c1cc(C(=O)O)cc(C)n1. The largest absolute Gasteiger partial charge is 0.478 e. The first-order chi connectivity index (χ1) is 8.04. The van der Waals surface area contributed by atoms with Crippen molar-refractivity contribution in [3.8, 4) is 0 Å². The number of aryl methyl sites for hydroxylation is 1. The average molecular weight is 234 g/mol. The Morgan fingerprint density at radius 1 is 1.59 bits per heavy atom. The van der Waals surface area contributed by atoms with Crippen molar-refractivity contribution in [1.82, 2.24) is 4.98 Å². The van der Waals surface area contributed by atoms with Crippen LogP contribution in [0.25, 0.3) is 0 Å². The molecule has 4 nitrogen and oxygen atoms in total. The number of nitrogens with zero attached hydrogens (tertiary/aromatic N) is 2. The number of rotatable bonds is 6. The lowest BCUT2D eigenvalue weighted by atomic mass is 10.2. The topological polar surface area (TPSA) is 53.4 Å². The van der Waals surface area contributed by atoms with Gasteiger partial charge in [-0.2, -0.15) is 0 Å². The second-order valence-corrected chi connectivity index (χ2v) is 4.01. The van der Waals surface area contributed by atoms with E-state index in [1.54, 1.807) is 19.1 Å². The van der Waals surface area contributed by atoms with E-state index in [1.807, 2.05) is 18.0 Å². The molecule has 0 spiro atoms. The van der Waals surface area contributed by atoms with Gasteiger partial charge in [0.1, 0.15) is 5.82 Å². The molecule has 0 fully saturated rings. The van der Waals surface area contributed by atoms with Gasteiger partial charge >= 0.3 is 5.97 Å². The van der Waals surface area contributed by atoms with Gasteiger partial charge in [-0.1, -0.05) is 6.08 Å². The van der Waals surface area contributed by atoms with Gasteiger partial charge in [-0.15, -0.1) is 6.58 Å². The molecule has 0 saturated carbocycles. The zero-order valence-electron chi connectivity index (χ0n) is 10.3. The highest BCUT2D eigenvalue weighted by Crippen LogP contribution is 2.14. The van der Waals surface area contributed by atoms with Crippen LogP contribution in [-0.2, 0) is 0 Å².